The minimum Gasteiger partial charge on any atom is -0.497 e. The molecule has 3 aromatic carbocycles. The minimum absolute atomic E-state index is 0.000110. The van der Waals surface area contributed by atoms with Crippen molar-refractivity contribution in [2.45, 2.75) is 26.3 Å². The van der Waals surface area contributed by atoms with Gasteiger partial charge in [-0.3, -0.25) is 14.5 Å². The molecule has 2 N–H and O–H groups in total. The van der Waals surface area contributed by atoms with Crippen LogP contribution in [0.25, 0.3) is 0 Å². The Bertz CT molecular complexity index is 1330. The van der Waals surface area contributed by atoms with E-state index in [-0.39, 0.29) is 18.1 Å². The highest BCUT2D eigenvalue weighted by atomic mass is 32.2. The van der Waals surface area contributed by atoms with Gasteiger partial charge in [-0.05, 0) is 67.1 Å². The standard InChI is InChI=1S/C21H22FN3O2.C11H17NO2S/c1-27-13-11-16-10-12-25(23-15-16)19-8-6-18(7-9-19)24-21(26)14-17-4-2-3-5-20(17)22;1-4-14-11-7-10(13-2)6-5-9(11)8-12-15-3/h2-10,15H,11-14H2,1H3,(H,24,26);5-7,12H,4,8H2,1-3H3. The van der Waals surface area contributed by atoms with Crippen LogP contribution in [0.2, 0.25) is 0 Å². The van der Waals surface area contributed by atoms with Crippen LogP contribution in [0.4, 0.5) is 15.8 Å². The number of benzene rings is 3. The Kier molecular flexibility index (Phi) is 13.9. The Labute approximate surface area is 252 Å². The summed E-state index contributed by atoms with van der Waals surface area (Å²) in [6, 6.07) is 19.6. The summed E-state index contributed by atoms with van der Waals surface area (Å²) in [5, 5.41) is 9.11. The second kappa shape index (κ2) is 17.8. The summed E-state index contributed by atoms with van der Waals surface area (Å²) in [5.74, 6) is 1.09. The SMILES string of the molecule is CCOc1cc(OC)ccc1CNSC.COCCC1=CCN(c2ccc(NC(=O)Cc3ccccc3F)cc2)N=C1. The number of carbonyl (C=O) groups is 1. The van der Waals surface area contributed by atoms with Crippen LogP contribution in [-0.4, -0.2) is 52.4 Å². The molecule has 0 unspecified atom stereocenters. The van der Waals surface area contributed by atoms with Crippen LogP contribution < -0.4 is 24.5 Å². The molecule has 0 atom stereocenters. The van der Waals surface area contributed by atoms with Gasteiger partial charge in [-0.25, -0.2) is 4.39 Å². The quantitative estimate of drug-likeness (QED) is 0.227. The number of nitrogens with one attached hydrogen (secondary N) is 2. The van der Waals surface area contributed by atoms with Gasteiger partial charge in [0.15, 0.2) is 0 Å². The van der Waals surface area contributed by atoms with Crippen molar-refractivity contribution in [2.24, 2.45) is 5.10 Å². The normalized spacial score (nSPS) is 12.2. The molecule has 0 radical (unpaired) electrons. The van der Waals surface area contributed by atoms with Crippen molar-refractivity contribution in [2.75, 3.05) is 50.6 Å². The highest BCUT2D eigenvalue weighted by Gasteiger charge is 2.11. The largest absolute Gasteiger partial charge is 0.497 e. The number of rotatable bonds is 13. The van der Waals surface area contributed by atoms with Crippen molar-refractivity contribution in [3.8, 4) is 11.5 Å². The van der Waals surface area contributed by atoms with Crippen molar-refractivity contribution in [3.05, 3.63) is 95.3 Å². The van der Waals surface area contributed by atoms with E-state index in [1.807, 2.05) is 66.9 Å². The third-order valence-corrected chi connectivity index (χ3v) is 6.66. The van der Waals surface area contributed by atoms with Crippen LogP contribution in [0.3, 0.4) is 0 Å². The molecule has 1 heterocycles. The summed E-state index contributed by atoms with van der Waals surface area (Å²) >= 11 is 1.60. The highest BCUT2D eigenvalue weighted by molar-refractivity contribution is 7.96. The van der Waals surface area contributed by atoms with Gasteiger partial charge in [0.2, 0.25) is 5.91 Å². The highest BCUT2D eigenvalue weighted by Crippen LogP contribution is 2.25. The molecule has 0 aromatic heterocycles. The lowest BCUT2D eigenvalue weighted by Crippen LogP contribution is -2.21. The van der Waals surface area contributed by atoms with Crippen molar-refractivity contribution < 1.29 is 23.4 Å². The monoisotopic (exact) mass is 594 g/mol. The first-order valence-electron chi connectivity index (χ1n) is 13.7. The lowest BCUT2D eigenvalue weighted by Gasteiger charge is -2.21. The molecule has 42 heavy (non-hydrogen) atoms. The number of methoxy groups -OCH3 is 2. The number of nitrogens with zero attached hydrogens (tertiary/aromatic N) is 2. The molecule has 0 saturated heterocycles. The average Bonchev–Trinajstić information content (AvgIpc) is 3.01. The maximum atomic E-state index is 13.6. The number of hydrogen-bond donors (Lipinski definition) is 2. The van der Waals surface area contributed by atoms with E-state index in [9.17, 15) is 9.18 Å². The van der Waals surface area contributed by atoms with Gasteiger partial charge in [-0.15, -0.1) is 0 Å². The van der Waals surface area contributed by atoms with E-state index < -0.39 is 0 Å². The summed E-state index contributed by atoms with van der Waals surface area (Å²) in [6.07, 6.45) is 6.81. The lowest BCUT2D eigenvalue weighted by atomic mass is 10.1. The first-order chi connectivity index (χ1) is 20.5. The third kappa shape index (κ3) is 10.5. The fourth-order valence-electron chi connectivity index (χ4n) is 3.99. The van der Waals surface area contributed by atoms with Crippen molar-refractivity contribution >= 4 is 35.4 Å². The molecule has 8 nitrogen and oxygen atoms in total. The predicted molar refractivity (Wildman–Crippen MR) is 170 cm³/mol. The number of amides is 1. The number of carbonyl (C=O) groups excluding carboxylic acids is 1. The van der Waals surface area contributed by atoms with Crippen LogP contribution in [0.1, 0.15) is 24.5 Å². The first-order valence-corrected chi connectivity index (χ1v) is 14.9. The molecule has 10 heteroatoms. The summed E-state index contributed by atoms with van der Waals surface area (Å²) in [6.45, 7) is 4.80. The lowest BCUT2D eigenvalue weighted by molar-refractivity contribution is -0.115. The maximum Gasteiger partial charge on any atom is 0.228 e. The van der Waals surface area contributed by atoms with E-state index in [0.29, 0.717) is 31.0 Å². The van der Waals surface area contributed by atoms with Crippen LogP contribution in [0, 0.1) is 5.82 Å². The molecule has 224 valence electrons. The van der Waals surface area contributed by atoms with Crippen LogP contribution in [-0.2, 0) is 22.5 Å². The molecule has 1 amide bonds. The van der Waals surface area contributed by atoms with Gasteiger partial charge in [-0.2, -0.15) is 5.10 Å². The topological polar surface area (TPSA) is 84.4 Å². The second-order valence-electron chi connectivity index (χ2n) is 9.14. The van der Waals surface area contributed by atoms with Gasteiger partial charge < -0.3 is 19.5 Å². The Morgan fingerprint density at radius 3 is 2.50 bits per heavy atom. The molecule has 0 bridgehead atoms. The number of halogens is 1. The summed E-state index contributed by atoms with van der Waals surface area (Å²) in [4.78, 5) is 12.1. The van der Waals surface area contributed by atoms with E-state index in [4.69, 9.17) is 14.2 Å². The molecule has 0 fully saturated rings. The zero-order valence-corrected chi connectivity index (χ0v) is 25.4. The molecular weight excluding hydrogens is 555 g/mol. The average molecular weight is 595 g/mol. The van der Waals surface area contributed by atoms with E-state index in [1.54, 1.807) is 44.4 Å². The van der Waals surface area contributed by atoms with E-state index >= 15 is 0 Å². The van der Waals surface area contributed by atoms with E-state index in [2.05, 4.69) is 21.2 Å². The Hall–Kier alpha value is -3.86. The van der Waals surface area contributed by atoms with Crippen LogP contribution >= 0.6 is 11.9 Å². The van der Waals surface area contributed by atoms with Gasteiger partial charge in [0.1, 0.15) is 17.3 Å². The summed E-state index contributed by atoms with van der Waals surface area (Å²) in [7, 11) is 3.34. The summed E-state index contributed by atoms with van der Waals surface area (Å²) in [5.41, 5.74) is 4.28. The summed E-state index contributed by atoms with van der Waals surface area (Å²) < 4.78 is 32.6. The zero-order chi connectivity index (χ0) is 30.2. The molecule has 3 aromatic rings. The third-order valence-electron chi connectivity index (χ3n) is 6.22. The minimum atomic E-state index is -0.371. The van der Waals surface area contributed by atoms with Crippen LogP contribution in [0.15, 0.2) is 83.5 Å². The zero-order valence-electron chi connectivity index (χ0n) is 24.6. The Morgan fingerprint density at radius 2 is 1.86 bits per heavy atom. The smallest absolute Gasteiger partial charge is 0.228 e. The molecular formula is C32H39FN4O4S. The van der Waals surface area contributed by atoms with Gasteiger partial charge >= 0.3 is 0 Å². The molecule has 0 spiro atoms. The molecule has 0 aliphatic carbocycles. The van der Waals surface area contributed by atoms with Gasteiger partial charge in [0.25, 0.3) is 0 Å². The second-order valence-corrected chi connectivity index (χ2v) is 9.84. The van der Waals surface area contributed by atoms with Crippen molar-refractivity contribution in [1.29, 1.82) is 0 Å². The molecule has 4 rings (SSSR count). The van der Waals surface area contributed by atoms with Gasteiger partial charge in [0, 0.05) is 31.0 Å². The molecule has 0 saturated carbocycles. The van der Waals surface area contributed by atoms with E-state index in [0.717, 1.165) is 41.3 Å². The fourth-order valence-corrected chi connectivity index (χ4v) is 4.29. The number of ether oxygens (including phenoxy) is 3. The fraction of sp³-hybridized carbons (Fsp3) is 0.312. The van der Waals surface area contributed by atoms with E-state index in [1.165, 1.54) is 6.07 Å². The van der Waals surface area contributed by atoms with Crippen molar-refractivity contribution in [1.82, 2.24) is 4.72 Å². The van der Waals surface area contributed by atoms with Gasteiger partial charge in [-0.1, -0.05) is 42.3 Å². The Balaban J connectivity index is 0.000000274. The maximum absolute atomic E-state index is 13.6. The molecule has 1 aliphatic heterocycles. The Morgan fingerprint density at radius 1 is 1.07 bits per heavy atom. The number of anilines is 2. The number of hydrogen-bond acceptors (Lipinski definition) is 8. The first kappa shape index (κ1) is 32.7. The number of hydrazone groups is 1. The predicted octanol–water partition coefficient (Wildman–Crippen LogP) is 6.24. The van der Waals surface area contributed by atoms with Gasteiger partial charge in [0.05, 0.1) is 45.2 Å². The van der Waals surface area contributed by atoms with Crippen molar-refractivity contribution in [3.63, 3.8) is 0 Å². The van der Waals surface area contributed by atoms with Crippen LogP contribution in [0.5, 0.6) is 11.5 Å². The molecule has 1 aliphatic rings.